The highest BCUT2D eigenvalue weighted by Gasteiger charge is 2.11. The largest absolute Gasteiger partial charge is 0.341 e. The van der Waals surface area contributed by atoms with Crippen LogP contribution in [0.25, 0.3) is 0 Å². The van der Waals surface area contributed by atoms with Gasteiger partial charge in [0.25, 0.3) is 0 Å². The van der Waals surface area contributed by atoms with Crippen LogP contribution in [0.5, 0.6) is 0 Å². The third kappa shape index (κ3) is 4.09. The lowest BCUT2D eigenvalue weighted by molar-refractivity contribution is -0.130. The maximum atomic E-state index is 12.1. The van der Waals surface area contributed by atoms with Crippen molar-refractivity contribution in [3.63, 3.8) is 0 Å². The van der Waals surface area contributed by atoms with Gasteiger partial charge in [-0.1, -0.05) is 23.7 Å². The lowest BCUT2D eigenvalue weighted by Gasteiger charge is -2.17. The monoisotopic (exact) mass is 307 g/mol. The molecule has 0 N–H and O–H groups in total. The predicted octanol–water partition coefficient (Wildman–Crippen LogP) is 4.30. The van der Waals surface area contributed by atoms with Gasteiger partial charge in [-0.05, 0) is 48.1 Å². The van der Waals surface area contributed by atoms with Gasteiger partial charge < -0.3 is 4.90 Å². The molecular weight excluding hydrogens is 290 g/mol. The summed E-state index contributed by atoms with van der Waals surface area (Å²) < 4.78 is 0. The molecule has 1 amide bonds. The molecule has 2 nitrogen and oxygen atoms in total. The van der Waals surface area contributed by atoms with Crippen molar-refractivity contribution >= 4 is 28.8 Å². The summed E-state index contributed by atoms with van der Waals surface area (Å²) in [6.07, 6.45) is 1.28. The van der Waals surface area contributed by atoms with Crippen LogP contribution in [0.2, 0.25) is 5.02 Å². The van der Waals surface area contributed by atoms with Gasteiger partial charge in [0.15, 0.2) is 0 Å². The number of rotatable bonds is 5. The molecule has 0 atom stereocenters. The molecule has 0 radical (unpaired) electrons. The Labute approximate surface area is 129 Å². The van der Waals surface area contributed by atoms with Gasteiger partial charge in [-0.15, -0.1) is 11.3 Å². The number of nitrogens with zero attached hydrogens (tertiary/aromatic N) is 1. The summed E-state index contributed by atoms with van der Waals surface area (Å²) in [5, 5.41) is 2.79. The van der Waals surface area contributed by atoms with Crippen LogP contribution in [0, 0.1) is 6.92 Å². The molecular formula is C16H18ClNOS. The Morgan fingerprint density at radius 3 is 2.55 bits per heavy atom. The van der Waals surface area contributed by atoms with E-state index >= 15 is 0 Å². The number of benzene rings is 1. The quantitative estimate of drug-likeness (QED) is 0.806. The summed E-state index contributed by atoms with van der Waals surface area (Å²) >= 11 is 7.55. The van der Waals surface area contributed by atoms with Gasteiger partial charge in [-0.25, -0.2) is 0 Å². The van der Waals surface area contributed by atoms with Gasteiger partial charge in [-0.2, -0.15) is 0 Å². The Hall–Kier alpha value is -1.32. The fourth-order valence-corrected chi connectivity index (χ4v) is 3.05. The molecule has 0 aliphatic rings. The van der Waals surface area contributed by atoms with E-state index in [1.165, 1.54) is 10.4 Å². The molecule has 0 aliphatic heterocycles. The van der Waals surface area contributed by atoms with Crippen molar-refractivity contribution in [2.75, 3.05) is 7.05 Å². The molecule has 1 aromatic carbocycles. The van der Waals surface area contributed by atoms with E-state index in [4.69, 9.17) is 11.6 Å². The molecule has 1 heterocycles. The smallest absolute Gasteiger partial charge is 0.222 e. The summed E-state index contributed by atoms with van der Waals surface area (Å²) in [5.74, 6) is 0.174. The van der Waals surface area contributed by atoms with E-state index in [0.717, 1.165) is 17.0 Å². The molecule has 2 rings (SSSR count). The highest BCUT2D eigenvalue weighted by atomic mass is 35.5. The zero-order chi connectivity index (χ0) is 14.5. The zero-order valence-corrected chi connectivity index (χ0v) is 13.3. The van der Waals surface area contributed by atoms with Crippen LogP contribution in [0.4, 0.5) is 0 Å². The molecule has 106 valence electrons. The average Bonchev–Trinajstić information content (AvgIpc) is 2.83. The van der Waals surface area contributed by atoms with Crippen LogP contribution in [-0.2, 0) is 17.8 Å². The van der Waals surface area contributed by atoms with Gasteiger partial charge in [0.1, 0.15) is 0 Å². The number of hydrogen-bond donors (Lipinski definition) is 0. The summed E-state index contributed by atoms with van der Waals surface area (Å²) in [6.45, 7) is 2.78. The fourth-order valence-electron chi connectivity index (χ4n) is 1.96. The van der Waals surface area contributed by atoms with Crippen LogP contribution in [0.1, 0.15) is 22.4 Å². The lowest BCUT2D eigenvalue weighted by Crippen LogP contribution is -2.26. The normalized spacial score (nSPS) is 10.6. The van der Waals surface area contributed by atoms with E-state index in [9.17, 15) is 4.79 Å². The number of hydrogen-bond acceptors (Lipinski definition) is 2. The van der Waals surface area contributed by atoms with E-state index in [1.807, 2.05) is 31.3 Å². The van der Waals surface area contributed by atoms with E-state index in [1.54, 1.807) is 16.2 Å². The third-order valence-corrected chi connectivity index (χ3v) is 4.58. The molecule has 0 saturated heterocycles. The second-order valence-electron chi connectivity index (χ2n) is 4.90. The fraction of sp³-hybridized carbons (Fsp3) is 0.312. The van der Waals surface area contributed by atoms with Crippen molar-refractivity contribution in [3.8, 4) is 0 Å². The minimum atomic E-state index is 0.174. The topological polar surface area (TPSA) is 20.3 Å². The molecule has 1 aromatic heterocycles. The summed E-state index contributed by atoms with van der Waals surface area (Å²) in [6, 6.07) is 9.75. The Morgan fingerprint density at radius 2 is 1.95 bits per heavy atom. The Morgan fingerprint density at radius 1 is 1.25 bits per heavy atom. The Kier molecular flexibility index (Phi) is 5.21. The number of aryl methyl sites for hydroxylation is 2. The number of carbonyl (C=O) groups excluding carboxylic acids is 1. The molecule has 4 heteroatoms. The molecule has 0 unspecified atom stereocenters. The maximum Gasteiger partial charge on any atom is 0.222 e. The predicted molar refractivity (Wildman–Crippen MR) is 85.3 cm³/mol. The molecule has 0 bridgehead atoms. The van der Waals surface area contributed by atoms with Crippen molar-refractivity contribution in [1.29, 1.82) is 0 Å². The van der Waals surface area contributed by atoms with Crippen LogP contribution in [0.3, 0.4) is 0 Å². The van der Waals surface area contributed by atoms with E-state index in [-0.39, 0.29) is 5.91 Å². The van der Waals surface area contributed by atoms with Crippen molar-refractivity contribution < 1.29 is 4.79 Å². The van der Waals surface area contributed by atoms with Crippen LogP contribution in [0.15, 0.2) is 35.7 Å². The first-order valence-corrected chi connectivity index (χ1v) is 7.83. The minimum absolute atomic E-state index is 0.174. The van der Waals surface area contributed by atoms with Gasteiger partial charge in [-0.3, -0.25) is 4.79 Å². The summed E-state index contributed by atoms with van der Waals surface area (Å²) in [4.78, 5) is 15.2. The first kappa shape index (κ1) is 15.1. The minimum Gasteiger partial charge on any atom is -0.341 e. The standard InChI is InChI=1S/C16H18ClNOS/c1-12-9-10-20-15(12)11-18(2)16(19)8-5-13-3-6-14(17)7-4-13/h3-4,6-7,9-10H,5,8,11H2,1-2H3. The second kappa shape index (κ2) is 6.91. The number of amides is 1. The number of carbonyl (C=O) groups is 1. The average molecular weight is 308 g/mol. The lowest BCUT2D eigenvalue weighted by atomic mass is 10.1. The first-order valence-electron chi connectivity index (χ1n) is 6.57. The molecule has 2 aromatic rings. The number of halogens is 1. The van der Waals surface area contributed by atoms with Crippen LogP contribution < -0.4 is 0 Å². The van der Waals surface area contributed by atoms with E-state index in [0.29, 0.717) is 13.0 Å². The van der Waals surface area contributed by atoms with Crippen molar-refractivity contribution in [2.24, 2.45) is 0 Å². The molecule has 0 aliphatic carbocycles. The van der Waals surface area contributed by atoms with Crippen LogP contribution in [-0.4, -0.2) is 17.9 Å². The third-order valence-electron chi connectivity index (χ3n) is 3.32. The Balaban J connectivity index is 1.85. The molecule has 20 heavy (non-hydrogen) atoms. The van der Waals surface area contributed by atoms with Gasteiger partial charge >= 0.3 is 0 Å². The summed E-state index contributed by atoms with van der Waals surface area (Å²) in [7, 11) is 1.86. The van der Waals surface area contributed by atoms with Gasteiger partial charge in [0, 0.05) is 23.4 Å². The van der Waals surface area contributed by atoms with Crippen molar-refractivity contribution in [3.05, 3.63) is 56.7 Å². The first-order chi connectivity index (χ1) is 9.56. The highest BCUT2D eigenvalue weighted by molar-refractivity contribution is 7.10. The van der Waals surface area contributed by atoms with E-state index in [2.05, 4.69) is 18.4 Å². The second-order valence-corrected chi connectivity index (χ2v) is 6.34. The van der Waals surface area contributed by atoms with Crippen LogP contribution >= 0.6 is 22.9 Å². The zero-order valence-electron chi connectivity index (χ0n) is 11.7. The van der Waals surface area contributed by atoms with Gasteiger partial charge in [0.05, 0.1) is 6.54 Å². The maximum absolute atomic E-state index is 12.1. The molecule has 0 saturated carbocycles. The van der Waals surface area contributed by atoms with Gasteiger partial charge in [0.2, 0.25) is 5.91 Å². The number of thiophene rings is 1. The molecule has 0 fully saturated rings. The molecule has 0 spiro atoms. The van der Waals surface area contributed by atoms with Crippen molar-refractivity contribution in [1.82, 2.24) is 4.90 Å². The summed E-state index contributed by atoms with van der Waals surface area (Å²) in [5.41, 5.74) is 2.40. The van der Waals surface area contributed by atoms with E-state index < -0.39 is 0 Å². The van der Waals surface area contributed by atoms with Crippen molar-refractivity contribution in [2.45, 2.75) is 26.3 Å². The SMILES string of the molecule is Cc1ccsc1CN(C)C(=O)CCc1ccc(Cl)cc1. The highest BCUT2D eigenvalue weighted by Crippen LogP contribution is 2.18. The Bertz CT molecular complexity index is 576.